The van der Waals surface area contributed by atoms with Crippen molar-refractivity contribution in [1.29, 1.82) is 0 Å². The van der Waals surface area contributed by atoms with Crippen molar-refractivity contribution in [3.05, 3.63) is 29.8 Å². The molecule has 0 saturated heterocycles. The van der Waals surface area contributed by atoms with E-state index in [1.54, 1.807) is 0 Å². The SMILES string of the molecule is COC(=O)C(OC(=O)C(F)(F)F)c1ccc(OC(=O)C(F)(F)F)cc1. The van der Waals surface area contributed by atoms with Gasteiger partial charge in [0.15, 0.2) is 0 Å². The molecule has 0 amide bonds. The minimum atomic E-state index is -5.38. The molecular formula is C13H8F6O6. The Bertz CT molecular complexity index is 648. The summed E-state index contributed by atoms with van der Waals surface area (Å²) in [6.45, 7) is 0. The molecule has 12 heteroatoms. The highest BCUT2D eigenvalue weighted by Crippen LogP contribution is 2.27. The standard InChI is InChI=1S/C13H8F6O6/c1-23-9(20)8(25-11(22)13(17,18)19)6-2-4-7(5-3-6)24-10(21)12(14,15)16/h2-5,8H,1H3. The summed E-state index contributed by atoms with van der Waals surface area (Å²) < 4.78 is 85.0. The smallest absolute Gasteiger partial charge is 0.466 e. The van der Waals surface area contributed by atoms with E-state index in [4.69, 9.17) is 0 Å². The summed E-state index contributed by atoms with van der Waals surface area (Å²) in [4.78, 5) is 33.0. The molecule has 0 fully saturated rings. The van der Waals surface area contributed by atoms with Crippen LogP contribution in [0, 0.1) is 0 Å². The molecule has 1 rings (SSSR count). The quantitative estimate of drug-likeness (QED) is 0.458. The lowest BCUT2D eigenvalue weighted by Gasteiger charge is -2.17. The molecule has 0 aliphatic carbocycles. The minimum absolute atomic E-state index is 0.351. The second kappa shape index (κ2) is 7.40. The van der Waals surface area contributed by atoms with Gasteiger partial charge in [0, 0.05) is 5.56 Å². The third-order valence-corrected chi connectivity index (χ3v) is 2.50. The zero-order valence-electron chi connectivity index (χ0n) is 12.1. The molecule has 0 spiro atoms. The summed E-state index contributed by atoms with van der Waals surface area (Å²) in [6, 6.07) is 3.17. The van der Waals surface area contributed by atoms with Gasteiger partial charge < -0.3 is 14.2 Å². The molecule has 6 nitrogen and oxygen atoms in total. The van der Waals surface area contributed by atoms with Crippen LogP contribution >= 0.6 is 0 Å². The first kappa shape index (κ1) is 20.3. The van der Waals surface area contributed by atoms with Crippen LogP contribution in [0.4, 0.5) is 26.3 Å². The van der Waals surface area contributed by atoms with Crippen molar-refractivity contribution in [2.75, 3.05) is 7.11 Å². The number of carbonyl (C=O) groups excluding carboxylic acids is 3. The van der Waals surface area contributed by atoms with E-state index in [0.717, 1.165) is 31.4 Å². The highest BCUT2D eigenvalue weighted by molar-refractivity contribution is 5.83. The molecule has 0 radical (unpaired) electrons. The van der Waals surface area contributed by atoms with Gasteiger partial charge in [0.25, 0.3) is 0 Å². The Balaban J connectivity index is 2.99. The Morgan fingerprint density at radius 2 is 1.36 bits per heavy atom. The van der Waals surface area contributed by atoms with Crippen molar-refractivity contribution in [3.63, 3.8) is 0 Å². The molecule has 0 aliphatic rings. The fourth-order valence-corrected chi connectivity index (χ4v) is 1.41. The van der Waals surface area contributed by atoms with Gasteiger partial charge >= 0.3 is 30.3 Å². The Kier molecular flexibility index (Phi) is 6.00. The maximum absolute atomic E-state index is 12.2. The van der Waals surface area contributed by atoms with Gasteiger partial charge in [-0.25, -0.2) is 14.4 Å². The maximum atomic E-state index is 12.2. The number of alkyl halides is 6. The Morgan fingerprint density at radius 3 is 1.76 bits per heavy atom. The van der Waals surface area contributed by atoms with Gasteiger partial charge in [0.1, 0.15) is 5.75 Å². The van der Waals surface area contributed by atoms with Crippen LogP contribution in [0.3, 0.4) is 0 Å². The van der Waals surface area contributed by atoms with Gasteiger partial charge in [0.2, 0.25) is 6.10 Å². The predicted octanol–water partition coefficient (Wildman–Crippen LogP) is 2.47. The summed E-state index contributed by atoms with van der Waals surface area (Å²) in [5, 5.41) is 0. The van der Waals surface area contributed by atoms with E-state index in [1.807, 2.05) is 0 Å². The van der Waals surface area contributed by atoms with Gasteiger partial charge in [0.05, 0.1) is 7.11 Å². The summed E-state index contributed by atoms with van der Waals surface area (Å²) >= 11 is 0. The highest BCUT2D eigenvalue weighted by Gasteiger charge is 2.44. The third-order valence-electron chi connectivity index (χ3n) is 2.50. The predicted molar refractivity (Wildman–Crippen MR) is 65.0 cm³/mol. The molecule has 0 saturated carbocycles. The second-order valence-electron chi connectivity index (χ2n) is 4.26. The fourth-order valence-electron chi connectivity index (χ4n) is 1.41. The van der Waals surface area contributed by atoms with Gasteiger partial charge in [-0.1, -0.05) is 12.1 Å². The first-order chi connectivity index (χ1) is 11.4. The lowest BCUT2D eigenvalue weighted by molar-refractivity contribution is -0.208. The Labute approximate surface area is 135 Å². The molecule has 25 heavy (non-hydrogen) atoms. The van der Waals surface area contributed by atoms with Crippen LogP contribution in [0.15, 0.2) is 24.3 Å². The summed E-state index contributed by atoms with van der Waals surface area (Å²) in [5.41, 5.74) is -0.351. The van der Waals surface area contributed by atoms with E-state index >= 15 is 0 Å². The minimum Gasteiger partial charge on any atom is -0.466 e. The van der Waals surface area contributed by atoms with E-state index < -0.39 is 42.1 Å². The Hall–Kier alpha value is -2.79. The second-order valence-corrected chi connectivity index (χ2v) is 4.26. The van der Waals surface area contributed by atoms with Crippen LogP contribution in [-0.2, 0) is 23.9 Å². The van der Waals surface area contributed by atoms with Crippen molar-refractivity contribution < 1.29 is 54.9 Å². The van der Waals surface area contributed by atoms with Crippen molar-refractivity contribution in [3.8, 4) is 5.75 Å². The first-order valence-corrected chi connectivity index (χ1v) is 6.11. The van der Waals surface area contributed by atoms with Gasteiger partial charge in [-0.15, -0.1) is 0 Å². The topological polar surface area (TPSA) is 78.9 Å². The van der Waals surface area contributed by atoms with Gasteiger partial charge in [-0.05, 0) is 12.1 Å². The molecular weight excluding hydrogens is 366 g/mol. The van der Waals surface area contributed by atoms with Crippen LogP contribution in [0.1, 0.15) is 11.7 Å². The number of ether oxygens (including phenoxy) is 3. The lowest BCUT2D eigenvalue weighted by Crippen LogP contribution is -2.30. The maximum Gasteiger partial charge on any atom is 0.491 e. The molecule has 1 atom stereocenters. The van der Waals surface area contributed by atoms with Crippen LogP contribution in [-0.4, -0.2) is 37.4 Å². The monoisotopic (exact) mass is 374 g/mol. The number of carbonyl (C=O) groups is 3. The van der Waals surface area contributed by atoms with E-state index in [1.165, 1.54) is 0 Å². The zero-order valence-corrected chi connectivity index (χ0v) is 12.1. The van der Waals surface area contributed by atoms with Gasteiger partial charge in [-0.2, -0.15) is 26.3 Å². The van der Waals surface area contributed by atoms with E-state index in [0.29, 0.717) is 0 Å². The fraction of sp³-hybridized carbons (Fsp3) is 0.308. The van der Waals surface area contributed by atoms with Crippen molar-refractivity contribution in [2.45, 2.75) is 18.5 Å². The molecule has 138 valence electrons. The molecule has 0 aromatic heterocycles. The lowest BCUT2D eigenvalue weighted by atomic mass is 10.1. The molecule has 0 aliphatic heterocycles. The molecule has 1 aromatic rings. The summed E-state index contributed by atoms with van der Waals surface area (Å²) in [7, 11) is 0.816. The van der Waals surface area contributed by atoms with E-state index in [2.05, 4.69) is 14.2 Å². The van der Waals surface area contributed by atoms with Crippen LogP contribution < -0.4 is 4.74 Å². The largest absolute Gasteiger partial charge is 0.491 e. The molecule has 0 heterocycles. The van der Waals surface area contributed by atoms with E-state index in [-0.39, 0.29) is 5.56 Å². The molecule has 0 N–H and O–H groups in total. The Morgan fingerprint density at radius 1 is 0.880 bits per heavy atom. The highest BCUT2D eigenvalue weighted by atomic mass is 19.4. The summed E-state index contributed by atoms with van der Waals surface area (Å²) in [6.07, 6.45) is -12.8. The van der Waals surface area contributed by atoms with Crippen molar-refractivity contribution in [1.82, 2.24) is 0 Å². The zero-order chi connectivity index (χ0) is 19.4. The average molecular weight is 374 g/mol. The molecule has 1 aromatic carbocycles. The van der Waals surface area contributed by atoms with Crippen LogP contribution in [0.25, 0.3) is 0 Å². The normalized spacial score (nSPS) is 12.9. The number of benzene rings is 1. The van der Waals surface area contributed by atoms with Crippen LogP contribution in [0.2, 0.25) is 0 Å². The summed E-state index contributed by atoms with van der Waals surface area (Å²) in [5.74, 6) is -7.15. The number of rotatable bonds is 4. The number of esters is 3. The van der Waals surface area contributed by atoms with Crippen molar-refractivity contribution >= 4 is 17.9 Å². The van der Waals surface area contributed by atoms with E-state index in [9.17, 15) is 40.7 Å². The number of halogens is 6. The average Bonchev–Trinajstić information content (AvgIpc) is 2.50. The number of hydrogen-bond donors (Lipinski definition) is 0. The molecule has 1 unspecified atom stereocenters. The van der Waals surface area contributed by atoms with Crippen molar-refractivity contribution in [2.24, 2.45) is 0 Å². The third kappa shape index (κ3) is 5.65. The number of hydrogen-bond acceptors (Lipinski definition) is 6. The molecule has 0 bridgehead atoms. The van der Waals surface area contributed by atoms with Crippen LogP contribution in [0.5, 0.6) is 5.75 Å². The first-order valence-electron chi connectivity index (χ1n) is 6.11. The van der Waals surface area contributed by atoms with Gasteiger partial charge in [-0.3, -0.25) is 0 Å². The number of methoxy groups -OCH3 is 1.